The van der Waals surface area contributed by atoms with E-state index < -0.39 is 33.2 Å². The van der Waals surface area contributed by atoms with Crippen LogP contribution in [0.15, 0.2) is 17.3 Å². The molecule has 2 fully saturated rings. The van der Waals surface area contributed by atoms with Crippen molar-refractivity contribution in [2.45, 2.75) is 30.6 Å². The molecule has 2 aliphatic rings. The fourth-order valence-electron chi connectivity index (χ4n) is 3.53. The van der Waals surface area contributed by atoms with Gasteiger partial charge in [0.2, 0.25) is 11.8 Å². The third-order valence-corrected chi connectivity index (χ3v) is 7.71. The molecule has 2 aliphatic heterocycles. The quantitative estimate of drug-likeness (QED) is 0.596. The van der Waals surface area contributed by atoms with Gasteiger partial charge in [0.15, 0.2) is 5.82 Å². The topological polar surface area (TPSA) is 138 Å². The van der Waals surface area contributed by atoms with Gasteiger partial charge in [0.05, 0.1) is 22.4 Å². The van der Waals surface area contributed by atoms with Crippen molar-refractivity contribution < 1.29 is 22.7 Å². The van der Waals surface area contributed by atoms with Gasteiger partial charge >= 0.3 is 0 Å². The standard InChI is InChI=1S/C17H21ClN6O5S2/c1-10(15(25)23-6-8-29-9-7-23)24-5-4-11(16(24)26)22-31(27,28)17-19-14(20-21-17)12-2-3-13(18)30-12/h2-3,10-11,22H,4-9H2,1H3,(H,19,20,21)/t10?,11-/m0/s1. The van der Waals surface area contributed by atoms with E-state index in [9.17, 15) is 18.0 Å². The van der Waals surface area contributed by atoms with E-state index in [2.05, 4.69) is 19.9 Å². The molecule has 2 N–H and O–H groups in total. The van der Waals surface area contributed by atoms with Gasteiger partial charge in [-0.05, 0) is 25.5 Å². The van der Waals surface area contributed by atoms with Gasteiger partial charge in [-0.2, -0.15) is 14.8 Å². The van der Waals surface area contributed by atoms with E-state index >= 15 is 0 Å². The highest BCUT2D eigenvalue weighted by atomic mass is 35.5. The van der Waals surface area contributed by atoms with Crippen LogP contribution in [0.4, 0.5) is 0 Å². The van der Waals surface area contributed by atoms with Crippen LogP contribution in [0, 0.1) is 0 Å². The van der Waals surface area contributed by atoms with Crippen LogP contribution in [-0.2, 0) is 24.3 Å². The van der Waals surface area contributed by atoms with Gasteiger partial charge in [-0.1, -0.05) is 11.6 Å². The summed E-state index contributed by atoms with van der Waals surface area (Å²) in [5.74, 6) is -0.418. The summed E-state index contributed by atoms with van der Waals surface area (Å²) in [4.78, 5) is 33.2. The number of nitrogens with zero attached hydrogens (tertiary/aromatic N) is 4. The lowest BCUT2D eigenvalue weighted by Gasteiger charge is -2.32. The van der Waals surface area contributed by atoms with Gasteiger partial charge in [-0.25, -0.2) is 13.5 Å². The first-order chi connectivity index (χ1) is 14.8. The summed E-state index contributed by atoms with van der Waals surface area (Å²) in [5.41, 5.74) is 0. The summed E-state index contributed by atoms with van der Waals surface area (Å²) < 4.78 is 33.6. The molecule has 2 atom stereocenters. The number of halogens is 1. The number of amides is 2. The smallest absolute Gasteiger partial charge is 0.276 e. The number of thiophene rings is 1. The highest BCUT2D eigenvalue weighted by Crippen LogP contribution is 2.29. The number of hydrogen-bond acceptors (Lipinski definition) is 8. The predicted octanol–water partition coefficient (Wildman–Crippen LogP) is 0.313. The first-order valence-corrected chi connectivity index (χ1v) is 12.3. The van der Waals surface area contributed by atoms with E-state index in [4.69, 9.17) is 16.3 Å². The largest absolute Gasteiger partial charge is 0.378 e. The second-order valence-corrected chi connectivity index (χ2v) is 10.5. The van der Waals surface area contributed by atoms with Gasteiger partial charge in [0.25, 0.3) is 15.2 Å². The van der Waals surface area contributed by atoms with Crippen molar-refractivity contribution in [2.75, 3.05) is 32.8 Å². The number of nitrogens with one attached hydrogen (secondary N) is 2. The van der Waals surface area contributed by atoms with E-state index in [0.717, 1.165) is 0 Å². The Hall–Kier alpha value is -2.06. The molecule has 31 heavy (non-hydrogen) atoms. The minimum atomic E-state index is -4.11. The number of H-pyrrole nitrogens is 1. The molecule has 14 heteroatoms. The Morgan fingerprint density at radius 2 is 2.10 bits per heavy atom. The molecule has 0 saturated carbocycles. The summed E-state index contributed by atoms with van der Waals surface area (Å²) in [6, 6.07) is 1.69. The monoisotopic (exact) mass is 488 g/mol. The maximum atomic E-state index is 12.8. The van der Waals surface area contributed by atoms with Crippen LogP contribution in [0.25, 0.3) is 10.7 Å². The first-order valence-electron chi connectivity index (χ1n) is 9.64. The van der Waals surface area contributed by atoms with Crippen LogP contribution in [-0.4, -0.2) is 90.1 Å². The van der Waals surface area contributed by atoms with Gasteiger partial charge < -0.3 is 14.5 Å². The minimum absolute atomic E-state index is 0.172. The Balaban J connectivity index is 1.42. The number of hydrogen-bond donors (Lipinski definition) is 2. The molecular weight excluding hydrogens is 468 g/mol. The van der Waals surface area contributed by atoms with Crippen molar-refractivity contribution in [3.05, 3.63) is 16.5 Å². The lowest BCUT2D eigenvalue weighted by atomic mass is 10.2. The molecule has 2 aromatic rings. The lowest BCUT2D eigenvalue weighted by Crippen LogP contribution is -2.52. The summed E-state index contributed by atoms with van der Waals surface area (Å²) >= 11 is 7.11. The van der Waals surface area contributed by atoms with Gasteiger partial charge in [-0.15, -0.1) is 11.3 Å². The number of likely N-dealkylation sites (tertiary alicyclic amines) is 1. The Bertz CT molecular complexity index is 1080. The van der Waals surface area contributed by atoms with E-state index in [1.165, 1.54) is 16.2 Å². The molecule has 0 aliphatic carbocycles. The average Bonchev–Trinajstić information content (AvgIpc) is 3.49. The van der Waals surface area contributed by atoms with E-state index in [0.29, 0.717) is 35.5 Å². The third kappa shape index (κ3) is 4.60. The second kappa shape index (κ2) is 8.82. The molecule has 2 aromatic heterocycles. The number of aromatic nitrogens is 3. The summed E-state index contributed by atoms with van der Waals surface area (Å²) in [6.07, 6.45) is 0.250. The second-order valence-electron chi connectivity index (χ2n) is 7.18. The molecule has 4 rings (SSSR count). The Labute approximate surface area is 187 Å². The Kier molecular flexibility index (Phi) is 6.30. The summed E-state index contributed by atoms with van der Waals surface area (Å²) in [6.45, 7) is 3.81. The van der Waals surface area contributed by atoms with Crippen molar-refractivity contribution in [1.82, 2.24) is 29.7 Å². The Morgan fingerprint density at radius 1 is 1.35 bits per heavy atom. The molecule has 0 spiro atoms. The molecule has 0 radical (unpaired) electrons. The molecule has 0 aromatic carbocycles. The van der Waals surface area contributed by atoms with Crippen molar-refractivity contribution in [3.8, 4) is 10.7 Å². The van der Waals surface area contributed by atoms with Crippen molar-refractivity contribution >= 4 is 44.8 Å². The normalized spacial score (nSPS) is 21.0. The van der Waals surface area contributed by atoms with E-state index in [-0.39, 0.29) is 24.7 Å². The zero-order valence-electron chi connectivity index (χ0n) is 16.6. The first kappa shape index (κ1) is 22.1. The molecular formula is C17H21ClN6O5S2. The highest BCUT2D eigenvalue weighted by Gasteiger charge is 2.40. The molecule has 11 nitrogen and oxygen atoms in total. The van der Waals surface area contributed by atoms with Crippen LogP contribution < -0.4 is 4.72 Å². The zero-order chi connectivity index (χ0) is 22.2. The average molecular weight is 489 g/mol. The number of morpholine rings is 1. The van der Waals surface area contributed by atoms with Gasteiger partial charge in [0, 0.05) is 19.6 Å². The SMILES string of the molecule is CC(C(=O)N1CCOCC1)N1CC[C@H](NS(=O)(=O)c2nc(-c3ccc(Cl)s3)n[nH]2)C1=O. The van der Waals surface area contributed by atoms with Crippen LogP contribution in [0.3, 0.4) is 0 Å². The maximum absolute atomic E-state index is 12.8. The molecule has 0 bridgehead atoms. The molecule has 2 amide bonds. The zero-order valence-corrected chi connectivity index (χ0v) is 19.0. The van der Waals surface area contributed by atoms with Crippen molar-refractivity contribution in [3.63, 3.8) is 0 Å². The van der Waals surface area contributed by atoms with Crippen molar-refractivity contribution in [1.29, 1.82) is 0 Å². The number of sulfonamides is 1. The lowest BCUT2D eigenvalue weighted by molar-refractivity contribution is -0.146. The fourth-order valence-corrected chi connectivity index (χ4v) is 5.59. The molecule has 1 unspecified atom stereocenters. The van der Waals surface area contributed by atoms with Crippen LogP contribution in [0.5, 0.6) is 0 Å². The summed E-state index contributed by atoms with van der Waals surface area (Å²) in [5, 5.41) is 5.92. The highest BCUT2D eigenvalue weighted by molar-refractivity contribution is 7.89. The van der Waals surface area contributed by atoms with Gasteiger partial charge in [0.1, 0.15) is 12.1 Å². The van der Waals surface area contributed by atoms with Gasteiger partial charge in [-0.3, -0.25) is 9.59 Å². The molecule has 168 valence electrons. The molecule has 4 heterocycles. The van der Waals surface area contributed by atoms with Crippen molar-refractivity contribution in [2.24, 2.45) is 0 Å². The number of rotatable bonds is 6. The van der Waals surface area contributed by atoms with Crippen LogP contribution in [0.2, 0.25) is 4.34 Å². The maximum Gasteiger partial charge on any atom is 0.276 e. The Morgan fingerprint density at radius 3 is 2.77 bits per heavy atom. The molecule has 2 saturated heterocycles. The number of carbonyl (C=O) groups is 2. The number of aromatic amines is 1. The van der Waals surface area contributed by atoms with E-state index in [1.807, 2.05) is 0 Å². The number of ether oxygens (including phenoxy) is 1. The third-order valence-electron chi connectivity index (χ3n) is 5.20. The fraction of sp³-hybridized carbons (Fsp3) is 0.529. The van der Waals surface area contributed by atoms with E-state index in [1.54, 1.807) is 24.0 Å². The van der Waals surface area contributed by atoms with Crippen LogP contribution in [0.1, 0.15) is 13.3 Å². The minimum Gasteiger partial charge on any atom is -0.378 e. The predicted molar refractivity (Wildman–Crippen MR) is 112 cm³/mol. The summed E-state index contributed by atoms with van der Waals surface area (Å²) in [7, 11) is -4.11. The van der Waals surface area contributed by atoms with Crippen LogP contribution >= 0.6 is 22.9 Å². The number of carbonyl (C=O) groups excluding carboxylic acids is 2.